The van der Waals surface area contributed by atoms with Crippen LogP contribution in [-0.2, 0) is 16.0 Å². The third-order valence-electron chi connectivity index (χ3n) is 6.69. The summed E-state index contributed by atoms with van der Waals surface area (Å²) in [7, 11) is 3.35. The summed E-state index contributed by atoms with van der Waals surface area (Å²) in [6.07, 6.45) is 10.2. The van der Waals surface area contributed by atoms with Crippen molar-refractivity contribution in [1.82, 2.24) is 0 Å². The molecule has 0 aromatic heterocycles. The number of fused-ring (bicyclic) bond motifs is 5. The van der Waals surface area contributed by atoms with Gasteiger partial charge < -0.3 is 14.2 Å². The van der Waals surface area contributed by atoms with Gasteiger partial charge in [-0.25, -0.2) is 0 Å². The molecule has 2 bridgehead atoms. The summed E-state index contributed by atoms with van der Waals surface area (Å²) in [6, 6.07) is 4.20. The summed E-state index contributed by atoms with van der Waals surface area (Å²) in [4.78, 5) is 12.8. The Bertz CT molecular complexity index is 794. The predicted molar refractivity (Wildman–Crippen MR) is 109 cm³/mol. The summed E-state index contributed by atoms with van der Waals surface area (Å²) >= 11 is 0. The summed E-state index contributed by atoms with van der Waals surface area (Å²) in [6.45, 7) is 2.24. The lowest BCUT2D eigenvalue weighted by atomic mass is 9.65. The SMILES string of the molecule is CCCCCC[C@]12Cc3cc(OC)c(OC)cc3[C@H](C1)C1=C(CCCC1=O)O2. The zero-order valence-corrected chi connectivity index (χ0v) is 17.4. The second-order valence-corrected chi connectivity index (χ2v) is 8.55. The molecule has 2 atom stereocenters. The van der Waals surface area contributed by atoms with Crippen LogP contribution >= 0.6 is 0 Å². The highest BCUT2D eigenvalue weighted by Crippen LogP contribution is 2.54. The lowest BCUT2D eigenvalue weighted by Gasteiger charge is -2.49. The van der Waals surface area contributed by atoms with Gasteiger partial charge in [-0.05, 0) is 48.9 Å². The summed E-state index contributed by atoms with van der Waals surface area (Å²) < 4.78 is 17.8. The summed E-state index contributed by atoms with van der Waals surface area (Å²) in [5, 5.41) is 0. The molecule has 0 N–H and O–H groups in total. The maximum atomic E-state index is 12.8. The van der Waals surface area contributed by atoms with Crippen molar-refractivity contribution >= 4 is 5.78 Å². The molecule has 0 saturated heterocycles. The molecule has 0 amide bonds. The number of hydrogen-bond donors (Lipinski definition) is 0. The number of unbranched alkanes of at least 4 members (excludes halogenated alkanes) is 3. The Balaban J connectivity index is 1.76. The van der Waals surface area contributed by atoms with Gasteiger partial charge in [0.25, 0.3) is 0 Å². The predicted octanol–water partition coefficient (Wildman–Crippen LogP) is 5.48. The van der Waals surface area contributed by atoms with E-state index in [1.54, 1.807) is 14.2 Å². The maximum absolute atomic E-state index is 12.8. The Morgan fingerprint density at radius 1 is 1.11 bits per heavy atom. The number of Topliss-reactive ketones (excluding diaryl/α,β-unsaturated/α-hetero) is 1. The summed E-state index contributed by atoms with van der Waals surface area (Å²) in [5.74, 6) is 2.88. The van der Waals surface area contributed by atoms with E-state index < -0.39 is 0 Å². The first-order chi connectivity index (χ1) is 13.6. The van der Waals surface area contributed by atoms with Crippen molar-refractivity contribution in [3.8, 4) is 11.5 Å². The number of carbonyl (C=O) groups excluding carboxylic acids is 1. The maximum Gasteiger partial charge on any atom is 0.162 e. The van der Waals surface area contributed by atoms with Gasteiger partial charge in [0.05, 0.1) is 14.2 Å². The first-order valence-corrected chi connectivity index (χ1v) is 10.8. The molecule has 4 rings (SSSR count). The number of hydrogen-bond acceptors (Lipinski definition) is 4. The van der Waals surface area contributed by atoms with Crippen LogP contribution in [0, 0.1) is 0 Å². The molecular formula is C24H32O4. The molecule has 0 unspecified atom stereocenters. The van der Waals surface area contributed by atoms with Gasteiger partial charge in [-0.15, -0.1) is 0 Å². The lowest BCUT2D eigenvalue weighted by Crippen LogP contribution is -2.46. The number of benzene rings is 1. The van der Waals surface area contributed by atoms with E-state index in [1.165, 1.54) is 36.8 Å². The van der Waals surface area contributed by atoms with E-state index >= 15 is 0 Å². The van der Waals surface area contributed by atoms with Crippen LogP contribution in [-0.4, -0.2) is 25.6 Å². The molecule has 3 aliphatic rings. The third-order valence-corrected chi connectivity index (χ3v) is 6.69. The highest BCUT2D eigenvalue weighted by Gasteiger charge is 2.49. The van der Waals surface area contributed by atoms with Gasteiger partial charge in [0.2, 0.25) is 0 Å². The van der Waals surface area contributed by atoms with Gasteiger partial charge in [-0.3, -0.25) is 4.79 Å². The number of carbonyl (C=O) groups is 1. The van der Waals surface area contributed by atoms with Crippen molar-refractivity contribution < 1.29 is 19.0 Å². The van der Waals surface area contributed by atoms with E-state index in [9.17, 15) is 4.79 Å². The Hall–Kier alpha value is -1.97. The fraction of sp³-hybridized carbons (Fsp3) is 0.625. The number of ether oxygens (including phenoxy) is 3. The normalized spacial score (nSPS) is 25.7. The molecule has 2 aliphatic carbocycles. The molecule has 28 heavy (non-hydrogen) atoms. The Morgan fingerprint density at radius 2 is 1.89 bits per heavy atom. The standard InChI is InChI=1S/C24H32O4/c1-4-5-6-7-11-24-14-16-12-21(26-2)22(27-3)13-17(16)18(15-24)23-19(25)9-8-10-20(23)28-24/h12-13,18H,4-11,14-15H2,1-3H3/t18-,24-/m0/s1. The Morgan fingerprint density at radius 3 is 2.64 bits per heavy atom. The van der Waals surface area contributed by atoms with Crippen LogP contribution in [0.25, 0.3) is 0 Å². The van der Waals surface area contributed by atoms with Gasteiger partial charge in [0.1, 0.15) is 11.4 Å². The van der Waals surface area contributed by atoms with Crippen LogP contribution < -0.4 is 9.47 Å². The molecule has 0 spiro atoms. The van der Waals surface area contributed by atoms with Crippen LogP contribution in [0.3, 0.4) is 0 Å². The molecule has 1 aromatic rings. The van der Waals surface area contributed by atoms with E-state index in [4.69, 9.17) is 14.2 Å². The topological polar surface area (TPSA) is 44.8 Å². The minimum Gasteiger partial charge on any atom is -0.493 e. The van der Waals surface area contributed by atoms with Gasteiger partial charge >= 0.3 is 0 Å². The van der Waals surface area contributed by atoms with Crippen molar-refractivity contribution in [3.05, 3.63) is 34.6 Å². The quantitative estimate of drug-likeness (QED) is 0.584. The first kappa shape index (κ1) is 19.4. The molecule has 1 aromatic carbocycles. The second-order valence-electron chi connectivity index (χ2n) is 8.55. The van der Waals surface area contributed by atoms with E-state index in [2.05, 4.69) is 19.1 Å². The number of rotatable bonds is 7. The number of allylic oxidation sites excluding steroid dienone is 2. The van der Waals surface area contributed by atoms with Crippen LogP contribution in [0.5, 0.6) is 11.5 Å². The molecule has 0 fully saturated rings. The van der Waals surface area contributed by atoms with Crippen molar-refractivity contribution in [2.45, 2.75) is 82.7 Å². The molecule has 0 saturated carbocycles. The number of ketones is 1. The molecule has 0 radical (unpaired) electrons. The zero-order chi connectivity index (χ0) is 19.7. The van der Waals surface area contributed by atoms with Gasteiger partial charge in [-0.1, -0.05) is 26.2 Å². The molecular weight excluding hydrogens is 352 g/mol. The Labute approximate surface area is 168 Å². The van der Waals surface area contributed by atoms with E-state index in [1.807, 2.05) is 0 Å². The molecule has 4 heteroatoms. The highest BCUT2D eigenvalue weighted by atomic mass is 16.5. The fourth-order valence-electron chi connectivity index (χ4n) is 5.36. The van der Waals surface area contributed by atoms with Crippen LogP contribution in [0.1, 0.15) is 81.8 Å². The summed E-state index contributed by atoms with van der Waals surface area (Å²) in [5.41, 5.74) is 3.23. The fourth-order valence-corrected chi connectivity index (χ4v) is 5.36. The van der Waals surface area contributed by atoms with Gasteiger partial charge in [0.15, 0.2) is 17.3 Å². The average Bonchev–Trinajstić information content (AvgIpc) is 2.70. The largest absolute Gasteiger partial charge is 0.493 e. The van der Waals surface area contributed by atoms with Gasteiger partial charge in [0, 0.05) is 30.8 Å². The van der Waals surface area contributed by atoms with Crippen LogP contribution in [0.4, 0.5) is 0 Å². The minimum atomic E-state index is -0.179. The van der Waals surface area contributed by atoms with Crippen molar-refractivity contribution in [2.24, 2.45) is 0 Å². The highest BCUT2D eigenvalue weighted by molar-refractivity contribution is 5.98. The van der Waals surface area contributed by atoms with E-state index in [-0.39, 0.29) is 17.3 Å². The van der Waals surface area contributed by atoms with Crippen molar-refractivity contribution in [2.75, 3.05) is 14.2 Å². The smallest absolute Gasteiger partial charge is 0.162 e. The van der Waals surface area contributed by atoms with E-state index in [0.29, 0.717) is 6.42 Å². The molecule has 4 nitrogen and oxygen atoms in total. The monoisotopic (exact) mass is 384 g/mol. The lowest BCUT2D eigenvalue weighted by molar-refractivity contribution is -0.119. The molecule has 1 aliphatic heterocycles. The van der Waals surface area contributed by atoms with Crippen molar-refractivity contribution in [1.29, 1.82) is 0 Å². The average molecular weight is 385 g/mol. The second kappa shape index (κ2) is 7.81. The van der Waals surface area contributed by atoms with Crippen LogP contribution in [0.15, 0.2) is 23.5 Å². The van der Waals surface area contributed by atoms with Gasteiger partial charge in [-0.2, -0.15) is 0 Å². The Kier molecular flexibility index (Phi) is 5.39. The number of methoxy groups -OCH3 is 2. The van der Waals surface area contributed by atoms with Crippen LogP contribution in [0.2, 0.25) is 0 Å². The zero-order valence-electron chi connectivity index (χ0n) is 17.4. The van der Waals surface area contributed by atoms with E-state index in [0.717, 1.165) is 54.9 Å². The minimum absolute atomic E-state index is 0.131. The third kappa shape index (κ3) is 3.31. The van der Waals surface area contributed by atoms with Crippen molar-refractivity contribution in [3.63, 3.8) is 0 Å². The first-order valence-electron chi connectivity index (χ1n) is 10.8. The molecule has 1 heterocycles. The molecule has 152 valence electrons.